The Morgan fingerprint density at radius 3 is 0.932 bits per heavy atom. The van der Waals surface area contributed by atoms with Gasteiger partial charge in [0, 0.05) is 167 Å². The minimum Gasteiger partial charge on any atom is -0.344 e. The second-order valence-electron chi connectivity index (χ2n) is 33.2. The number of nitrogens with zero attached hydrogens (tertiary/aromatic N) is 9. The van der Waals surface area contributed by atoms with E-state index < -0.39 is 0 Å². The number of hydrogen-bond donors (Lipinski definition) is 0. The Morgan fingerprint density at radius 1 is 0.173 bits per heavy atom. The van der Waals surface area contributed by atoms with Crippen LogP contribution in [0, 0.1) is 0 Å². The Labute approximate surface area is 778 Å². The molecule has 27 aromatic rings. The molecule has 0 N–H and O–H groups in total. The fourth-order valence-corrected chi connectivity index (χ4v) is 22.2. The number of rotatable bonds is 11. The largest absolute Gasteiger partial charge is 0.344 e. The summed E-state index contributed by atoms with van der Waals surface area (Å²) in [6.07, 6.45) is 0. The number of para-hydroxylation sites is 3. The molecule has 0 amide bonds. The number of thiophene rings is 3. The Morgan fingerprint density at radius 2 is 0.489 bits per heavy atom. The van der Waals surface area contributed by atoms with Gasteiger partial charge in [0.25, 0.3) is 0 Å². The van der Waals surface area contributed by atoms with Gasteiger partial charge < -0.3 is 13.7 Å². The highest BCUT2D eigenvalue weighted by Crippen LogP contribution is 2.47. The van der Waals surface area contributed by atoms with Crippen LogP contribution in [0.2, 0.25) is 0 Å². The average Bonchev–Trinajstić information content (AvgIpc) is 1.56. The van der Waals surface area contributed by atoms with Crippen molar-refractivity contribution in [2.75, 3.05) is 0 Å². The van der Waals surface area contributed by atoms with Crippen LogP contribution in [0.5, 0.6) is 0 Å². The maximum absolute atomic E-state index is 5.04. The van der Waals surface area contributed by atoms with Gasteiger partial charge in [-0.3, -0.25) is 0 Å². The van der Waals surface area contributed by atoms with Crippen LogP contribution in [0.25, 0.3) is 239 Å². The summed E-state index contributed by atoms with van der Waals surface area (Å²) in [4.78, 5) is 29.7. The predicted octanol–water partition coefficient (Wildman–Crippen LogP) is 33.1. The van der Waals surface area contributed by atoms with Gasteiger partial charge in [-0.25, -0.2) is 29.9 Å². The summed E-state index contributed by atoms with van der Waals surface area (Å²) in [5.41, 5.74) is 24.7. The maximum Gasteiger partial charge on any atom is 0.160 e. The lowest BCUT2D eigenvalue weighted by atomic mass is 10.1. The molecule has 18 aromatic carbocycles. The van der Waals surface area contributed by atoms with Gasteiger partial charge in [0.1, 0.15) is 0 Å². The molecule has 0 atom stereocenters. The first-order chi connectivity index (χ1) is 65.9. The minimum absolute atomic E-state index is 0.713. The highest BCUT2D eigenvalue weighted by Gasteiger charge is 2.23. The molecule has 9 heterocycles. The first-order valence-electron chi connectivity index (χ1n) is 44.6. The van der Waals surface area contributed by atoms with E-state index in [-0.39, 0.29) is 0 Å². The van der Waals surface area contributed by atoms with Crippen molar-refractivity contribution in [1.29, 1.82) is 0 Å². The maximum atomic E-state index is 5.04. The molecule has 0 unspecified atom stereocenters. The Bertz CT molecular complexity index is 8790. The van der Waals surface area contributed by atoms with Crippen molar-refractivity contribution >= 4 is 160 Å². The topological polar surface area (TPSA) is 92.1 Å². The van der Waals surface area contributed by atoms with Gasteiger partial charge in [0.05, 0.1) is 61.7 Å². The quantitative estimate of drug-likeness (QED) is 0.128. The van der Waals surface area contributed by atoms with Crippen LogP contribution in [0.15, 0.2) is 461 Å². The Hall–Kier alpha value is -16.7. The number of benzene rings is 18. The van der Waals surface area contributed by atoms with Crippen molar-refractivity contribution in [2.45, 2.75) is 0 Å². The number of fused-ring (bicyclic) bond motifs is 20. The van der Waals surface area contributed by atoms with Crippen LogP contribution in [-0.2, 0) is 7.05 Å². The summed E-state index contributed by atoms with van der Waals surface area (Å²) in [6.45, 7) is 0. The van der Waals surface area contributed by atoms with Crippen LogP contribution < -0.4 is 0 Å². The van der Waals surface area contributed by atoms with E-state index >= 15 is 0 Å². The first-order valence-corrected chi connectivity index (χ1v) is 47.0. The molecule has 0 aliphatic heterocycles. The van der Waals surface area contributed by atoms with E-state index in [0.29, 0.717) is 11.6 Å². The fourth-order valence-electron chi connectivity index (χ4n) is 18.8. The molecule has 133 heavy (non-hydrogen) atoms. The van der Waals surface area contributed by atoms with E-state index in [2.05, 4.69) is 342 Å². The molecule has 0 saturated carbocycles. The summed E-state index contributed by atoms with van der Waals surface area (Å²) in [7, 11) is 2.16. The molecule has 0 fully saturated rings. The van der Waals surface area contributed by atoms with Crippen molar-refractivity contribution in [3.05, 3.63) is 461 Å². The zero-order valence-electron chi connectivity index (χ0n) is 72.1. The lowest BCUT2D eigenvalue weighted by Crippen LogP contribution is -1.97. The molecule has 0 bridgehead atoms. The number of hydrogen-bond acceptors (Lipinski definition) is 9. The Balaban J connectivity index is 0.000000102. The lowest BCUT2D eigenvalue weighted by Gasteiger charge is -2.12. The van der Waals surface area contributed by atoms with E-state index in [1.54, 1.807) is 0 Å². The van der Waals surface area contributed by atoms with Gasteiger partial charge in [0.15, 0.2) is 17.5 Å². The van der Waals surface area contributed by atoms with E-state index in [4.69, 9.17) is 29.9 Å². The SMILES string of the molecule is Cn1c2ccccc2c2cc3c(cc21)sc1ccccc13.c1ccc(-c2cc(-c3ccccc3)nc(-c3ccc(-n4c5ccccc5c5c6c(ccc54)sc4ccccc46)cc3)n2)cc1.c1ccc(-c2cc(-c3ccccc3)nc(-c3ccc(-n4c5ccccc5c5ccc6sc7ccccc7c6c54)cc3)n2)cc1.c1ccc(-c2cc(-c3ccccc3)nc(-c3ccccc3)n2)cc1. The van der Waals surface area contributed by atoms with Crippen molar-refractivity contribution in [1.82, 2.24) is 43.6 Å². The van der Waals surface area contributed by atoms with Crippen LogP contribution >= 0.6 is 34.0 Å². The second kappa shape index (κ2) is 34.4. The fraction of sp³-hybridized carbons (Fsp3) is 0.00826. The van der Waals surface area contributed by atoms with Crippen molar-refractivity contribution in [3.8, 4) is 113 Å². The van der Waals surface area contributed by atoms with Crippen LogP contribution in [0.1, 0.15) is 0 Å². The van der Waals surface area contributed by atoms with Gasteiger partial charge in [-0.15, -0.1) is 34.0 Å². The standard InChI is InChI=1S/2C40H25N3S.C22H16N2.C19H13NS/c1-3-11-26(12-4-1)33-25-34(27-13-5-2-6-14-27)42-40(41-33)28-19-21-29(22-20-28)43-35-17-9-7-15-30(35)31-23-24-37-38(39(31)43)32-16-8-10-18-36(32)44-37;1-3-11-26(12-4-1)32-25-33(27-13-5-2-6-14-27)42-40(41-32)28-19-21-29(22-20-28)43-34-17-9-7-15-30(34)38-35(43)23-24-37-39(38)31-16-8-10-18-36(31)44-37;1-4-10-17(11-5-1)20-16-21(18-12-6-2-7-13-18)24-22(23-20)19-14-8-3-9-15-19;1-20-16-8-4-2-6-12(16)14-10-15-13-7-3-5-9-18(13)21-19(15)11-17(14)20/h2*1-25H;1-16H;2-11H,1H3. The van der Waals surface area contributed by atoms with Crippen molar-refractivity contribution in [3.63, 3.8) is 0 Å². The molecule has 27 rings (SSSR count). The molecule has 9 nitrogen and oxygen atoms in total. The molecule has 0 radical (unpaired) electrons. The molecular formula is C121H79N9S3. The Kier molecular flexibility index (Phi) is 20.6. The summed E-state index contributed by atoms with van der Waals surface area (Å²) in [5, 5.41) is 15.8. The number of aromatic nitrogens is 9. The third kappa shape index (κ3) is 14.9. The third-order valence-corrected chi connectivity index (χ3v) is 28.6. The highest BCUT2D eigenvalue weighted by molar-refractivity contribution is 7.26. The summed E-state index contributed by atoms with van der Waals surface area (Å²) in [6, 6.07) is 162. The van der Waals surface area contributed by atoms with Gasteiger partial charge in [-0.05, 0) is 133 Å². The van der Waals surface area contributed by atoms with Crippen LogP contribution in [0.4, 0.5) is 0 Å². The van der Waals surface area contributed by atoms with E-state index in [1.807, 2.05) is 174 Å². The monoisotopic (exact) mass is 1750 g/mol. The summed E-state index contributed by atoms with van der Waals surface area (Å²) >= 11 is 5.61. The molecule has 0 aliphatic rings. The minimum atomic E-state index is 0.713. The van der Waals surface area contributed by atoms with Gasteiger partial charge >= 0.3 is 0 Å². The van der Waals surface area contributed by atoms with Crippen molar-refractivity contribution in [2.24, 2.45) is 7.05 Å². The molecular weight excluding hydrogens is 1680 g/mol. The zero-order valence-corrected chi connectivity index (χ0v) is 74.6. The molecule has 0 spiro atoms. The van der Waals surface area contributed by atoms with Crippen LogP contribution in [-0.4, -0.2) is 43.6 Å². The average molecular weight is 1760 g/mol. The molecule has 12 heteroatoms. The molecule has 0 aliphatic carbocycles. The summed E-state index contributed by atoms with van der Waals surface area (Å²) < 4.78 is 15.1. The molecule has 626 valence electrons. The highest BCUT2D eigenvalue weighted by atomic mass is 32.1. The lowest BCUT2D eigenvalue weighted by molar-refractivity contribution is 1.02. The first kappa shape index (κ1) is 79.6. The third-order valence-electron chi connectivity index (χ3n) is 25.2. The summed E-state index contributed by atoms with van der Waals surface area (Å²) in [5.74, 6) is 2.17. The number of aryl methyl sites for hydroxylation is 1. The van der Waals surface area contributed by atoms with E-state index in [1.165, 1.54) is 126 Å². The van der Waals surface area contributed by atoms with E-state index in [9.17, 15) is 0 Å². The predicted molar refractivity (Wildman–Crippen MR) is 563 cm³/mol. The normalized spacial score (nSPS) is 11.5. The van der Waals surface area contributed by atoms with Gasteiger partial charge in [-0.1, -0.05) is 328 Å². The van der Waals surface area contributed by atoms with Crippen LogP contribution in [0.3, 0.4) is 0 Å². The second-order valence-corrected chi connectivity index (χ2v) is 36.4. The zero-order chi connectivity index (χ0) is 88.2. The van der Waals surface area contributed by atoms with E-state index in [0.717, 1.165) is 101 Å². The van der Waals surface area contributed by atoms with Gasteiger partial charge in [0.2, 0.25) is 0 Å². The molecule has 0 saturated heterocycles. The molecule has 9 aromatic heterocycles. The van der Waals surface area contributed by atoms with Crippen molar-refractivity contribution < 1.29 is 0 Å². The smallest absolute Gasteiger partial charge is 0.160 e. The van der Waals surface area contributed by atoms with Gasteiger partial charge in [-0.2, -0.15) is 0 Å².